The van der Waals surface area contributed by atoms with Crippen molar-refractivity contribution in [3.05, 3.63) is 37.0 Å². The summed E-state index contributed by atoms with van der Waals surface area (Å²) in [5.41, 5.74) is 0. The summed E-state index contributed by atoms with van der Waals surface area (Å²) >= 11 is 0. The number of ether oxygens (including phenoxy) is 4. The second kappa shape index (κ2) is 16.0. The third kappa shape index (κ3) is 7.79. The molecule has 36 heavy (non-hydrogen) atoms. The molecule has 0 radical (unpaired) electrons. The maximum atomic E-state index is 13.3. The molecule has 0 amide bonds. The minimum atomic E-state index is -0.585. The first-order valence-corrected chi connectivity index (χ1v) is 13.8. The lowest BCUT2D eigenvalue weighted by Gasteiger charge is -2.24. The highest BCUT2D eigenvalue weighted by molar-refractivity contribution is 5.84. The molecule has 0 heterocycles. The Labute approximate surface area is 218 Å². The summed E-state index contributed by atoms with van der Waals surface area (Å²) in [6, 6.07) is 0. The van der Waals surface area contributed by atoms with Gasteiger partial charge >= 0.3 is 11.9 Å². The van der Waals surface area contributed by atoms with Crippen molar-refractivity contribution >= 4 is 11.9 Å². The molecule has 6 nitrogen and oxygen atoms in total. The Balaban J connectivity index is 2.33. The van der Waals surface area contributed by atoms with Crippen molar-refractivity contribution in [3.63, 3.8) is 0 Å². The zero-order chi connectivity index (χ0) is 26.5. The van der Waals surface area contributed by atoms with Gasteiger partial charge in [0.25, 0.3) is 0 Å². The molecule has 0 aromatic carbocycles. The third-order valence-corrected chi connectivity index (χ3v) is 8.13. The van der Waals surface area contributed by atoms with Gasteiger partial charge < -0.3 is 18.9 Å². The van der Waals surface area contributed by atoms with Crippen LogP contribution in [0.3, 0.4) is 0 Å². The molecule has 2 fully saturated rings. The molecule has 2 saturated carbocycles. The number of hydrogen-bond donors (Lipinski definition) is 0. The standard InChI is InChI=1S/C30H48O6/c1-7-11-12-23-20-24(14-13-22-19-21(8-2)25(9-3)26(22)10-4)28(30(32)36-18-16-34-6)27(23)29(31)35-17-15-33-5/h8,11-14,21-28H,2,7,9-10,15-20H2,1,3-6H3/b12-11+,14-13+. The number of allylic oxidation sites excluding steroid dienone is 5. The van der Waals surface area contributed by atoms with Crippen LogP contribution in [0.2, 0.25) is 0 Å². The van der Waals surface area contributed by atoms with Gasteiger partial charge in [0.1, 0.15) is 13.2 Å². The molecular weight excluding hydrogens is 456 g/mol. The summed E-state index contributed by atoms with van der Waals surface area (Å²) in [7, 11) is 3.14. The summed E-state index contributed by atoms with van der Waals surface area (Å²) in [6.07, 6.45) is 15.7. The largest absolute Gasteiger partial charge is 0.463 e. The van der Waals surface area contributed by atoms with Gasteiger partial charge in [-0.05, 0) is 54.8 Å². The molecule has 0 spiro atoms. The van der Waals surface area contributed by atoms with Crippen molar-refractivity contribution in [2.75, 3.05) is 40.6 Å². The normalized spacial score (nSPS) is 32.4. The lowest BCUT2D eigenvalue weighted by Crippen LogP contribution is -2.34. The molecule has 8 unspecified atom stereocenters. The van der Waals surface area contributed by atoms with Crippen molar-refractivity contribution in [3.8, 4) is 0 Å². The Morgan fingerprint density at radius 2 is 1.19 bits per heavy atom. The summed E-state index contributed by atoms with van der Waals surface area (Å²) in [6.45, 7) is 11.7. The van der Waals surface area contributed by atoms with Crippen LogP contribution in [0.4, 0.5) is 0 Å². The maximum Gasteiger partial charge on any atom is 0.310 e. The van der Waals surface area contributed by atoms with Crippen LogP contribution in [-0.4, -0.2) is 52.6 Å². The van der Waals surface area contributed by atoms with E-state index >= 15 is 0 Å². The molecule has 0 aliphatic heterocycles. The number of methoxy groups -OCH3 is 2. The van der Waals surface area contributed by atoms with E-state index in [1.807, 2.05) is 0 Å². The van der Waals surface area contributed by atoms with Gasteiger partial charge in [0.05, 0.1) is 25.0 Å². The van der Waals surface area contributed by atoms with E-state index in [1.54, 1.807) is 14.2 Å². The number of carbonyl (C=O) groups is 2. The van der Waals surface area contributed by atoms with Gasteiger partial charge in [0.15, 0.2) is 0 Å². The molecule has 2 rings (SSSR count). The molecule has 0 bridgehead atoms. The smallest absolute Gasteiger partial charge is 0.310 e. The predicted molar refractivity (Wildman–Crippen MR) is 142 cm³/mol. The molecular formula is C30H48O6. The van der Waals surface area contributed by atoms with E-state index in [-0.39, 0.29) is 37.0 Å². The summed E-state index contributed by atoms with van der Waals surface area (Å²) in [5.74, 6) is 0.183. The zero-order valence-corrected chi connectivity index (χ0v) is 23.0. The van der Waals surface area contributed by atoms with Crippen molar-refractivity contribution in [1.29, 1.82) is 0 Å². The van der Waals surface area contributed by atoms with Crippen LogP contribution in [0.5, 0.6) is 0 Å². The highest BCUT2D eigenvalue weighted by atomic mass is 16.6. The van der Waals surface area contributed by atoms with Crippen molar-refractivity contribution in [2.24, 2.45) is 47.3 Å². The lowest BCUT2D eigenvalue weighted by molar-refractivity contribution is -0.162. The Hall–Kier alpha value is -1.92. The average molecular weight is 505 g/mol. The van der Waals surface area contributed by atoms with Crippen molar-refractivity contribution in [1.82, 2.24) is 0 Å². The topological polar surface area (TPSA) is 71.1 Å². The molecule has 8 atom stereocenters. The van der Waals surface area contributed by atoms with Gasteiger partial charge in [-0.1, -0.05) is 64.0 Å². The van der Waals surface area contributed by atoms with E-state index in [1.165, 1.54) is 0 Å². The Morgan fingerprint density at radius 1 is 0.722 bits per heavy atom. The minimum Gasteiger partial charge on any atom is -0.463 e. The molecule has 6 heteroatoms. The molecule has 2 aliphatic rings. The molecule has 2 aliphatic carbocycles. The summed E-state index contributed by atoms with van der Waals surface area (Å²) < 4.78 is 21.2. The van der Waals surface area contributed by atoms with Gasteiger partial charge in [0.2, 0.25) is 0 Å². The summed E-state index contributed by atoms with van der Waals surface area (Å²) in [4.78, 5) is 26.6. The average Bonchev–Trinajstić information content (AvgIpc) is 3.43. The van der Waals surface area contributed by atoms with E-state index in [0.717, 1.165) is 25.7 Å². The Morgan fingerprint density at radius 3 is 1.67 bits per heavy atom. The van der Waals surface area contributed by atoms with Crippen molar-refractivity contribution < 1.29 is 28.5 Å². The van der Waals surface area contributed by atoms with Gasteiger partial charge in [-0.25, -0.2) is 0 Å². The number of rotatable bonds is 15. The Bertz CT molecular complexity index is 744. The fourth-order valence-corrected chi connectivity index (χ4v) is 6.42. The van der Waals surface area contributed by atoms with Crippen LogP contribution in [0.25, 0.3) is 0 Å². The highest BCUT2D eigenvalue weighted by Gasteiger charge is 2.50. The first-order valence-electron chi connectivity index (χ1n) is 13.8. The third-order valence-electron chi connectivity index (χ3n) is 8.13. The van der Waals surface area contributed by atoms with Crippen LogP contribution in [0.15, 0.2) is 37.0 Å². The fourth-order valence-electron chi connectivity index (χ4n) is 6.42. The Kier molecular flexibility index (Phi) is 13.5. The first kappa shape index (κ1) is 30.3. The zero-order valence-electron chi connectivity index (χ0n) is 23.0. The highest BCUT2D eigenvalue weighted by Crippen LogP contribution is 2.48. The predicted octanol–water partition coefficient (Wildman–Crippen LogP) is 5.63. The second-order valence-electron chi connectivity index (χ2n) is 10.1. The van der Waals surface area contributed by atoms with Crippen LogP contribution < -0.4 is 0 Å². The maximum absolute atomic E-state index is 13.3. The molecule has 0 saturated heterocycles. The van der Waals surface area contributed by atoms with Gasteiger partial charge in [-0.3, -0.25) is 9.59 Å². The van der Waals surface area contributed by atoms with E-state index in [4.69, 9.17) is 18.9 Å². The van der Waals surface area contributed by atoms with Gasteiger partial charge in [-0.15, -0.1) is 6.58 Å². The van der Waals surface area contributed by atoms with Crippen LogP contribution in [0.1, 0.15) is 52.9 Å². The quantitative estimate of drug-likeness (QED) is 0.163. The number of carbonyl (C=O) groups excluding carboxylic acids is 2. The minimum absolute atomic E-state index is 0.0792. The van der Waals surface area contributed by atoms with Crippen LogP contribution in [-0.2, 0) is 28.5 Å². The summed E-state index contributed by atoms with van der Waals surface area (Å²) in [5, 5.41) is 0. The first-order chi connectivity index (χ1) is 17.5. The molecule has 204 valence electrons. The van der Waals surface area contributed by atoms with Crippen LogP contribution >= 0.6 is 0 Å². The monoisotopic (exact) mass is 504 g/mol. The number of hydrogen-bond acceptors (Lipinski definition) is 6. The molecule has 0 aromatic rings. The van der Waals surface area contributed by atoms with E-state index in [2.05, 4.69) is 57.7 Å². The lowest BCUT2D eigenvalue weighted by atomic mass is 9.82. The molecule has 0 aromatic heterocycles. The fraction of sp³-hybridized carbons (Fsp3) is 0.733. The van der Waals surface area contributed by atoms with E-state index in [9.17, 15) is 9.59 Å². The van der Waals surface area contributed by atoms with Crippen LogP contribution in [0, 0.1) is 47.3 Å². The van der Waals surface area contributed by atoms with Crippen molar-refractivity contribution in [2.45, 2.75) is 52.9 Å². The number of esters is 2. The van der Waals surface area contributed by atoms with E-state index < -0.39 is 11.8 Å². The second-order valence-corrected chi connectivity index (χ2v) is 10.1. The van der Waals surface area contributed by atoms with Gasteiger partial charge in [-0.2, -0.15) is 0 Å². The van der Waals surface area contributed by atoms with Gasteiger partial charge in [0, 0.05) is 14.2 Å². The molecule has 0 N–H and O–H groups in total. The SMILES string of the molecule is C=CC1CC(/C=C/C2CC(/C=C/CC)C(C(=O)OCCOC)C2C(=O)OCCOC)C(CC)C1CC. The van der Waals surface area contributed by atoms with E-state index in [0.29, 0.717) is 43.3 Å².